The smallest absolute Gasteiger partial charge is 0.319 e. The van der Waals surface area contributed by atoms with E-state index in [1.54, 1.807) is 0 Å². The fourth-order valence-corrected chi connectivity index (χ4v) is 3.96. The molecule has 1 aliphatic rings. The van der Waals surface area contributed by atoms with Crippen LogP contribution in [0.3, 0.4) is 0 Å². The van der Waals surface area contributed by atoms with E-state index < -0.39 is 67.2 Å². The highest BCUT2D eigenvalue weighted by molar-refractivity contribution is 5.91. The largest absolute Gasteiger partial charge is 0.463 e. The van der Waals surface area contributed by atoms with E-state index in [1.807, 2.05) is 39.0 Å². The molecule has 2 amide bonds. The van der Waals surface area contributed by atoms with Gasteiger partial charge in [-0.3, -0.25) is 19.2 Å². The molecule has 0 spiro atoms. The summed E-state index contributed by atoms with van der Waals surface area (Å²) in [6.45, 7) is 9.95. The first kappa shape index (κ1) is 29.6. The van der Waals surface area contributed by atoms with Gasteiger partial charge < -0.3 is 34.3 Å². The average molecular weight is 523 g/mol. The van der Waals surface area contributed by atoms with Gasteiger partial charge in [0.25, 0.3) is 0 Å². The number of rotatable bonds is 8. The van der Waals surface area contributed by atoms with Gasteiger partial charge in [-0.1, -0.05) is 32.0 Å². The molecule has 1 aromatic rings. The van der Waals surface area contributed by atoms with Crippen molar-refractivity contribution in [3.8, 4) is 0 Å². The molecule has 204 valence electrons. The topological polar surface area (TPSA) is 156 Å². The zero-order chi connectivity index (χ0) is 27.9. The molecule has 0 unspecified atom stereocenters. The Bertz CT molecular complexity index is 1020. The first-order chi connectivity index (χ1) is 17.3. The molecule has 2 N–H and O–H groups in total. The van der Waals surface area contributed by atoms with Crippen LogP contribution in [0.1, 0.15) is 58.6 Å². The lowest BCUT2D eigenvalue weighted by atomic mass is 9.96. The number of para-hydroxylation sites is 1. The van der Waals surface area contributed by atoms with Crippen molar-refractivity contribution in [1.29, 1.82) is 0 Å². The van der Waals surface area contributed by atoms with Crippen LogP contribution in [0.2, 0.25) is 0 Å². The third kappa shape index (κ3) is 8.45. The lowest BCUT2D eigenvalue weighted by molar-refractivity contribution is -0.270. The van der Waals surface area contributed by atoms with Crippen LogP contribution in [0.4, 0.5) is 10.5 Å². The summed E-state index contributed by atoms with van der Waals surface area (Å²) in [5.41, 5.74) is 2.29. The number of hydrogen-bond acceptors (Lipinski definition) is 10. The maximum Gasteiger partial charge on any atom is 0.319 e. The molecule has 1 heterocycles. The molecule has 1 saturated heterocycles. The van der Waals surface area contributed by atoms with E-state index >= 15 is 0 Å². The molecular weight excluding hydrogens is 488 g/mol. The fraction of sp³-hybridized carbons (Fsp3) is 0.560. The molecule has 0 radical (unpaired) electrons. The van der Waals surface area contributed by atoms with Crippen molar-refractivity contribution >= 4 is 35.6 Å². The second-order valence-corrected chi connectivity index (χ2v) is 8.92. The number of urea groups is 1. The third-order valence-corrected chi connectivity index (χ3v) is 5.45. The van der Waals surface area contributed by atoms with Gasteiger partial charge in [-0.15, -0.1) is 0 Å². The van der Waals surface area contributed by atoms with Crippen molar-refractivity contribution in [1.82, 2.24) is 5.32 Å². The lowest BCUT2D eigenvalue weighted by Crippen LogP contribution is -2.67. The minimum absolute atomic E-state index is 0.103. The maximum atomic E-state index is 13.2. The summed E-state index contributed by atoms with van der Waals surface area (Å²) in [5, 5.41) is 5.43. The van der Waals surface area contributed by atoms with Gasteiger partial charge in [0.1, 0.15) is 18.8 Å². The van der Waals surface area contributed by atoms with Gasteiger partial charge in [0.15, 0.2) is 12.2 Å². The number of esters is 4. The van der Waals surface area contributed by atoms with Crippen LogP contribution in [-0.4, -0.2) is 67.2 Å². The zero-order valence-corrected chi connectivity index (χ0v) is 22.0. The predicted octanol–water partition coefficient (Wildman–Crippen LogP) is 2.32. The van der Waals surface area contributed by atoms with E-state index in [9.17, 15) is 24.0 Å². The molecule has 12 heteroatoms. The number of aryl methyl sites for hydroxylation is 1. The Kier molecular flexibility index (Phi) is 10.4. The molecule has 0 aromatic heterocycles. The molecule has 0 bridgehead atoms. The quantitative estimate of drug-likeness (QED) is 0.384. The molecule has 1 aromatic carbocycles. The Labute approximate surface area is 215 Å². The first-order valence-corrected chi connectivity index (χ1v) is 11.8. The number of hydrogen-bond donors (Lipinski definition) is 2. The number of ether oxygens (including phenoxy) is 5. The summed E-state index contributed by atoms with van der Waals surface area (Å²) in [4.78, 5) is 60.3. The van der Waals surface area contributed by atoms with Crippen LogP contribution >= 0.6 is 0 Å². The van der Waals surface area contributed by atoms with Gasteiger partial charge in [-0.25, -0.2) is 4.79 Å². The standard InChI is InChI=1S/C25H34N2O10/c1-12(2)18-10-8-9-13(3)20(18)26-25(32)27-21-23(35-16(6)30)22(34-15(5)29)19(11-33-14(4)28)37-24(21)36-17(7)31/h8-10,12,19,21-24H,11H2,1-7H3,(H2,26,27,32)/t19-,21-,22-,23-,24-/m1/s1. The van der Waals surface area contributed by atoms with Crippen molar-refractivity contribution in [2.45, 2.75) is 85.0 Å². The highest BCUT2D eigenvalue weighted by Gasteiger charge is 2.52. The van der Waals surface area contributed by atoms with Crippen molar-refractivity contribution < 1.29 is 47.7 Å². The number of carbonyl (C=O) groups excluding carboxylic acids is 5. The van der Waals surface area contributed by atoms with Crippen LogP contribution in [0.25, 0.3) is 0 Å². The fourth-order valence-electron chi connectivity index (χ4n) is 3.96. The van der Waals surface area contributed by atoms with Crippen molar-refractivity contribution in [3.05, 3.63) is 29.3 Å². The Balaban J connectivity index is 2.45. The van der Waals surface area contributed by atoms with Gasteiger partial charge in [0.2, 0.25) is 6.29 Å². The molecule has 37 heavy (non-hydrogen) atoms. The van der Waals surface area contributed by atoms with Crippen molar-refractivity contribution in [2.75, 3.05) is 11.9 Å². The summed E-state index contributed by atoms with van der Waals surface area (Å²) in [5.74, 6) is -2.79. The third-order valence-electron chi connectivity index (χ3n) is 5.45. The molecule has 12 nitrogen and oxygen atoms in total. The monoisotopic (exact) mass is 522 g/mol. The molecule has 1 fully saturated rings. The second kappa shape index (κ2) is 13.0. The van der Waals surface area contributed by atoms with Gasteiger partial charge in [0, 0.05) is 33.4 Å². The van der Waals surface area contributed by atoms with E-state index in [1.165, 1.54) is 6.92 Å². The number of carbonyl (C=O) groups is 5. The van der Waals surface area contributed by atoms with Crippen LogP contribution in [-0.2, 0) is 42.9 Å². The Morgan fingerprint density at radius 2 is 1.49 bits per heavy atom. The molecule has 1 aliphatic heterocycles. The molecule has 0 saturated carbocycles. The van der Waals surface area contributed by atoms with E-state index in [0.29, 0.717) is 5.69 Å². The van der Waals surface area contributed by atoms with E-state index in [0.717, 1.165) is 31.9 Å². The normalized spacial score (nSPS) is 23.0. The number of nitrogens with one attached hydrogen (secondary N) is 2. The predicted molar refractivity (Wildman–Crippen MR) is 129 cm³/mol. The van der Waals surface area contributed by atoms with Crippen molar-refractivity contribution in [3.63, 3.8) is 0 Å². The first-order valence-electron chi connectivity index (χ1n) is 11.8. The van der Waals surface area contributed by atoms with Crippen LogP contribution in [0, 0.1) is 6.92 Å². The van der Waals surface area contributed by atoms with Crippen LogP contribution in [0.5, 0.6) is 0 Å². The van der Waals surface area contributed by atoms with E-state index in [4.69, 9.17) is 23.7 Å². The summed E-state index contributed by atoms with van der Waals surface area (Å²) in [6, 6.07) is 3.60. The van der Waals surface area contributed by atoms with Gasteiger partial charge >= 0.3 is 29.9 Å². The molecule has 2 rings (SSSR count). The van der Waals surface area contributed by atoms with Crippen molar-refractivity contribution in [2.24, 2.45) is 0 Å². The Morgan fingerprint density at radius 1 is 0.892 bits per heavy atom. The van der Waals surface area contributed by atoms with Crippen LogP contribution in [0.15, 0.2) is 18.2 Å². The second-order valence-electron chi connectivity index (χ2n) is 8.92. The Hall–Kier alpha value is -3.67. The number of anilines is 1. The summed E-state index contributed by atoms with van der Waals surface area (Å²) in [6.07, 6.45) is -5.30. The SMILES string of the molecule is CC(=O)OC[C@H]1O[C@@H](OC(C)=O)[C@H](NC(=O)Nc2c(C)cccc2C(C)C)[C@@H](OC(C)=O)[C@@H]1OC(C)=O. The summed E-state index contributed by atoms with van der Waals surface area (Å²) in [7, 11) is 0. The van der Waals surface area contributed by atoms with Crippen LogP contribution < -0.4 is 10.6 Å². The molecular formula is C25H34N2O10. The van der Waals surface area contributed by atoms with Gasteiger partial charge in [-0.05, 0) is 24.0 Å². The molecule has 0 aliphatic carbocycles. The van der Waals surface area contributed by atoms with E-state index in [2.05, 4.69) is 10.6 Å². The summed E-state index contributed by atoms with van der Waals surface area (Å²) >= 11 is 0. The highest BCUT2D eigenvalue weighted by atomic mass is 16.7. The maximum absolute atomic E-state index is 13.2. The van der Waals surface area contributed by atoms with E-state index in [-0.39, 0.29) is 5.92 Å². The number of benzene rings is 1. The van der Waals surface area contributed by atoms with Gasteiger partial charge in [-0.2, -0.15) is 0 Å². The van der Waals surface area contributed by atoms with Gasteiger partial charge in [0.05, 0.1) is 0 Å². The minimum Gasteiger partial charge on any atom is -0.463 e. The minimum atomic E-state index is -1.47. The zero-order valence-electron chi connectivity index (χ0n) is 22.0. The average Bonchev–Trinajstić information content (AvgIpc) is 2.76. The lowest BCUT2D eigenvalue weighted by Gasteiger charge is -2.44. The highest BCUT2D eigenvalue weighted by Crippen LogP contribution is 2.30. The Morgan fingerprint density at radius 3 is 2.03 bits per heavy atom. The number of amides is 2. The summed E-state index contributed by atoms with van der Waals surface area (Å²) < 4.78 is 26.9. The molecule has 5 atom stereocenters.